The molecule has 0 bridgehead atoms. The smallest absolute Gasteiger partial charge is 0.277 e. The summed E-state index contributed by atoms with van der Waals surface area (Å²) in [6, 6.07) is 9.67. The molecule has 0 saturated carbocycles. The van der Waals surface area contributed by atoms with Gasteiger partial charge in [0, 0.05) is 35.3 Å². The Labute approximate surface area is 176 Å². The zero-order valence-corrected chi connectivity index (χ0v) is 16.7. The van der Waals surface area contributed by atoms with Gasteiger partial charge in [0.15, 0.2) is 5.82 Å². The van der Waals surface area contributed by atoms with Crippen LogP contribution in [0, 0.1) is 0 Å². The Kier molecular flexibility index (Phi) is 6.45. The zero-order chi connectivity index (χ0) is 21.7. The number of benzene rings is 2. The first-order valence-electron chi connectivity index (χ1n) is 8.56. The van der Waals surface area contributed by atoms with Crippen LogP contribution in [0.3, 0.4) is 0 Å². The molecule has 3 N–H and O–H groups in total. The molecular formula is C20H17ClN4O5. The molecule has 10 heteroatoms. The number of hydrogen-bond donors (Lipinski definition) is 3. The molecule has 2 aromatic carbocycles. The minimum absolute atomic E-state index is 0.0776. The molecule has 3 rings (SSSR count). The Morgan fingerprint density at radius 3 is 2.13 bits per heavy atom. The fraction of sp³-hybridized carbons (Fsp3) is 0.100. The topological polar surface area (TPSA) is 123 Å². The molecular weight excluding hydrogens is 412 g/mol. The number of carbonyl (C=O) groups is 2. The van der Waals surface area contributed by atoms with Crippen LogP contribution >= 0.6 is 11.6 Å². The number of carbonyl (C=O) groups excluding carboxylic acids is 2. The number of nitrogens with one attached hydrogen (secondary N) is 2. The molecule has 0 fully saturated rings. The Hall–Kier alpha value is -3.69. The van der Waals surface area contributed by atoms with E-state index in [1.165, 1.54) is 32.1 Å². The monoisotopic (exact) mass is 428 g/mol. The highest BCUT2D eigenvalue weighted by molar-refractivity contribution is 6.33. The van der Waals surface area contributed by atoms with Gasteiger partial charge in [-0.25, -0.2) is 15.4 Å². The number of ether oxygens (including phenoxy) is 2. The van der Waals surface area contributed by atoms with Crippen molar-refractivity contribution in [2.24, 2.45) is 0 Å². The Bertz CT molecular complexity index is 1070. The average molecular weight is 429 g/mol. The van der Waals surface area contributed by atoms with Crippen LogP contribution in [0.4, 0.5) is 5.69 Å². The number of methoxy groups -OCH3 is 2. The van der Waals surface area contributed by atoms with E-state index in [0.29, 0.717) is 33.3 Å². The summed E-state index contributed by atoms with van der Waals surface area (Å²) in [5.41, 5.74) is 2.84. The molecule has 2 amide bonds. The van der Waals surface area contributed by atoms with Crippen LogP contribution < -0.4 is 20.3 Å². The van der Waals surface area contributed by atoms with Crippen LogP contribution in [0.2, 0.25) is 5.02 Å². The van der Waals surface area contributed by atoms with Crippen LogP contribution in [0.15, 0.2) is 48.8 Å². The molecule has 0 unspecified atom stereocenters. The van der Waals surface area contributed by atoms with E-state index in [4.69, 9.17) is 26.3 Å². The van der Waals surface area contributed by atoms with Gasteiger partial charge in [-0.1, -0.05) is 11.6 Å². The van der Waals surface area contributed by atoms with E-state index in [1.54, 1.807) is 36.4 Å². The molecule has 0 aliphatic carbocycles. The van der Waals surface area contributed by atoms with E-state index in [-0.39, 0.29) is 17.3 Å². The van der Waals surface area contributed by atoms with Crippen LogP contribution in [0.5, 0.6) is 11.5 Å². The minimum atomic E-state index is -0.734. The minimum Gasteiger partial charge on any atom is -0.497 e. The molecule has 1 aromatic heterocycles. The highest BCUT2D eigenvalue weighted by Crippen LogP contribution is 2.29. The van der Waals surface area contributed by atoms with Crippen LogP contribution in [0.1, 0.15) is 20.7 Å². The van der Waals surface area contributed by atoms with Gasteiger partial charge in [-0.3, -0.25) is 14.8 Å². The number of amides is 2. The summed E-state index contributed by atoms with van der Waals surface area (Å²) in [6.45, 7) is 0. The van der Waals surface area contributed by atoms with Crippen molar-refractivity contribution in [2.45, 2.75) is 0 Å². The van der Waals surface area contributed by atoms with Gasteiger partial charge in [-0.05, 0) is 30.3 Å². The van der Waals surface area contributed by atoms with Crippen LogP contribution in [0.25, 0.3) is 11.4 Å². The number of anilines is 1. The summed E-state index contributed by atoms with van der Waals surface area (Å²) in [4.78, 5) is 32.3. The van der Waals surface area contributed by atoms with E-state index >= 15 is 0 Å². The van der Waals surface area contributed by atoms with E-state index in [2.05, 4.69) is 15.3 Å². The van der Waals surface area contributed by atoms with Gasteiger partial charge in [0.05, 0.1) is 24.8 Å². The zero-order valence-electron chi connectivity index (χ0n) is 16.0. The summed E-state index contributed by atoms with van der Waals surface area (Å²) in [6.07, 6.45) is 2.50. The predicted octanol–water partition coefficient (Wildman–Crippen LogP) is 3.19. The number of nitrogens with zero attached hydrogens (tertiary/aromatic N) is 2. The number of rotatable bonds is 6. The lowest BCUT2D eigenvalue weighted by Gasteiger charge is -2.11. The molecule has 0 aliphatic rings. The van der Waals surface area contributed by atoms with E-state index in [9.17, 15) is 9.59 Å². The van der Waals surface area contributed by atoms with Gasteiger partial charge in [0.2, 0.25) is 0 Å². The molecule has 0 radical (unpaired) electrons. The first-order valence-corrected chi connectivity index (χ1v) is 8.93. The summed E-state index contributed by atoms with van der Waals surface area (Å²) in [7, 11) is 2.99. The number of aromatic nitrogens is 2. The van der Waals surface area contributed by atoms with Crippen molar-refractivity contribution < 1.29 is 24.3 Å². The van der Waals surface area contributed by atoms with Gasteiger partial charge in [0.1, 0.15) is 11.5 Å². The van der Waals surface area contributed by atoms with Crippen molar-refractivity contribution in [1.29, 1.82) is 0 Å². The van der Waals surface area contributed by atoms with E-state index in [1.807, 2.05) is 0 Å². The lowest BCUT2D eigenvalue weighted by Crippen LogP contribution is -2.19. The fourth-order valence-corrected chi connectivity index (χ4v) is 2.77. The molecule has 0 saturated heterocycles. The molecule has 9 nitrogen and oxygen atoms in total. The second kappa shape index (κ2) is 9.21. The maximum Gasteiger partial charge on any atom is 0.277 e. The van der Waals surface area contributed by atoms with Gasteiger partial charge < -0.3 is 14.8 Å². The summed E-state index contributed by atoms with van der Waals surface area (Å²) in [5, 5.41) is 11.8. The fourth-order valence-electron chi connectivity index (χ4n) is 2.57. The summed E-state index contributed by atoms with van der Waals surface area (Å²) >= 11 is 6.25. The van der Waals surface area contributed by atoms with Crippen molar-refractivity contribution in [3.63, 3.8) is 0 Å². The van der Waals surface area contributed by atoms with Gasteiger partial charge in [0.25, 0.3) is 11.8 Å². The highest BCUT2D eigenvalue weighted by Gasteiger charge is 2.14. The second-order valence-corrected chi connectivity index (χ2v) is 6.39. The van der Waals surface area contributed by atoms with Crippen molar-refractivity contribution in [2.75, 3.05) is 19.5 Å². The first-order chi connectivity index (χ1) is 14.4. The lowest BCUT2D eigenvalue weighted by atomic mass is 10.1. The van der Waals surface area contributed by atoms with E-state index < -0.39 is 5.91 Å². The largest absolute Gasteiger partial charge is 0.497 e. The average Bonchev–Trinajstić information content (AvgIpc) is 2.79. The molecule has 3 aromatic rings. The van der Waals surface area contributed by atoms with Crippen molar-refractivity contribution in [3.8, 4) is 22.9 Å². The number of halogens is 1. The van der Waals surface area contributed by atoms with Crippen molar-refractivity contribution >= 4 is 29.1 Å². The number of hydroxylamine groups is 1. The molecule has 0 atom stereocenters. The third kappa shape index (κ3) is 4.65. The second-order valence-electron chi connectivity index (χ2n) is 5.99. The standard InChI is InChI=1S/C20H17ClN4O5/c1-29-14-5-11(6-15(8-14)30-2)19(26)24-13-3-4-17(21)16(7-13)18-22-9-12(10-23-18)20(27)25-28/h3-10,28H,1-2H3,(H,24,26)(H,25,27). The van der Waals surface area contributed by atoms with Crippen LogP contribution in [-0.2, 0) is 0 Å². The van der Waals surface area contributed by atoms with Crippen molar-refractivity contribution in [3.05, 3.63) is 64.9 Å². The Morgan fingerprint density at radius 2 is 1.57 bits per heavy atom. The predicted molar refractivity (Wildman–Crippen MR) is 109 cm³/mol. The quantitative estimate of drug-likeness (QED) is 0.407. The van der Waals surface area contributed by atoms with Crippen molar-refractivity contribution in [1.82, 2.24) is 15.4 Å². The SMILES string of the molecule is COc1cc(OC)cc(C(=O)Nc2ccc(Cl)c(-c3ncc(C(=O)NO)cn3)c2)c1. The highest BCUT2D eigenvalue weighted by atomic mass is 35.5. The molecule has 1 heterocycles. The molecule has 0 aliphatic heterocycles. The van der Waals surface area contributed by atoms with Gasteiger partial charge >= 0.3 is 0 Å². The molecule has 154 valence electrons. The summed E-state index contributed by atoms with van der Waals surface area (Å²) < 4.78 is 10.4. The maximum absolute atomic E-state index is 12.7. The normalized spacial score (nSPS) is 10.3. The lowest BCUT2D eigenvalue weighted by molar-refractivity contribution is 0.0705. The van der Waals surface area contributed by atoms with Gasteiger partial charge in [-0.15, -0.1) is 0 Å². The Morgan fingerprint density at radius 1 is 0.933 bits per heavy atom. The maximum atomic E-state index is 12.7. The van der Waals surface area contributed by atoms with Gasteiger partial charge in [-0.2, -0.15) is 0 Å². The first kappa shape index (κ1) is 21.0. The summed E-state index contributed by atoms with van der Waals surface area (Å²) in [5.74, 6) is 0.0979. The van der Waals surface area contributed by atoms with E-state index in [0.717, 1.165) is 0 Å². The number of hydrogen-bond acceptors (Lipinski definition) is 7. The molecule has 0 spiro atoms. The molecule has 30 heavy (non-hydrogen) atoms. The van der Waals surface area contributed by atoms with Crippen LogP contribution in [-0.4, -0.2) is 41.2 Å². The third-order valence-electron chi connectivity index (χ3n) is 4.09. The Balaban J connectivity index is 1.87. The third-order valence-corrected chi connectivity index (χ3v) is 4.42.